The average Bonchev–Trinajstić information content (AvgIpc) is 2.41. The summed E-state index contributed by atoms with van der Waals surface area (Å²) in [5.41, 5.74) is -0.952. The van der Waals surface area contributed by atoms with E-state index in [1.54, 1.807) is 0 Å². The summed E-state index contributed by atoms with van der Waals surface area (Å²) < 4.78 is 27.3. The molecule has 2 aromatic carbocycles. The van der Waals surface area contributed by atoms with Crippen LogP contribution in [0.4, 0.5) is 20.2 Å². The van der Waals surface area contributed by atoms with E-state index in [2.05, 4.69) is 21.2 Å². The van der Waals surface area contributed by atoms with Crippen molar-refractivity contribution in [2.75, 3.05) is 5.32 Å². The summed E-state index contributed by atoms with van der Waals surface area (Å²) in [6, 6.07) is 7.04. The van der Waals surface area contributed by atoms with Gasteiger partial charge in [-0.25, -0.2) is 4.39 Å². The van der Waals surface area contributed by atoms with Gasteiger partial charge in [-0.15, -0.1) is 0 Å². The van der Waals surface area contributed by atoms with Crippen molar-refractivity contribution in [2.24, 2.45) is 0 Å². The first kappa shape index (κ1) is 15.0. The second-order valence-corrected chi connectivity index (χ2v) is 4.83. The van der Waals surface area contributed by atoms with Crippen LogP contribution in [0.2, 0.25) is 0 Å². The highest BCUT2D eigenvalue weighted by Crippen LogP contribution is 2.23. The number of hydrogen-bond donors (Lipinski definition) is 1. The molecule has 0 spiro atoms. The second-order valence-electron chi connectivity index (χ2n) is 3.98. The predicted octanol–water partition coefficient (Wildman–Crippen LogP) is 3.89. The molecule has 108 valence electrons. The number of nitrogens with one attached hydrogen (secondary N) is 1. The highest BCUT2D eigenvalue weighted by Gasteiger charge is 2.17. The minimum Gasteiger partial charge on any atom is -0.322 e. The monoisotopic (exact) mass is 356 g/mol. The number of anilines is 1. The molecule has 21 heavy (non-hydrogen) atoms. The van der Waals surface area contributed by atoms with Gasteiger partial charge in [0.2, 0.25) is 5.82 Å². The smallest absolute Gasteiger partial charge is 0.304 e. The van der Waals surface area contributed by atoms with Crippen molar-refractivity contribution in [1.29, 1.82) is 0 Å². The predicted molar refractivity (Wildman–Crippen MR) is 75.1 cm³/mol. The van der Waals surface area contributed by atoms with Crippen LogP contribution >= 0.6 is 15.9 Å². The third-order valence-electron chi connectivity index (χ3n) is 2.60. The van der Waals surface area contributed by atoms with Crippen molar-refractivity contribution in [3.63, 3.8) is 0 Å². The molecule has 0 atom stereocenters. The van der Waals surface area contributed by atoms with Gasteiger partial charge in [-0.3, -0.25) is 14.9 Å². The van der Waals surface area contributed by atoms with E-state index in [0.29, 0.717) is 0 Å². The molecule has 0 fully saturated rings. The summed E-state index contributed by atoms with van der Waals surface area (Å²) in [5.74, 6) is -2.63. The van der Waals surface area contributed by atoms with Crippen molar-refractivity contribution < 1.29 is 18.5 Å². The molecule has 0 radical (unpaired) electrons. The number of hydrogen-bond acceptors (Lipinski definition) is 3. The van der Waals surface area contributed by atoms with Gasteiger partial charge >= 0.3 is 5.69 Å². The van der Waals surface area contributed by atoms with Crippen molar-refractivity contribution in [3.8, 4) is 0 Å². The maximum absolute atomic E-state index is 13.7. The highest BCUT2D eigenvalue weighted by atomic mass is 79.9. The number of benzene rings is 2. The lowest BCUT2D eigenvalue weighted by molar-refractivity contribution is -0.387. The van der Waals surface area contributed by atoms with E-state index >= 15 is 0 Å². The van der Waals surface area contributed by atoms with E-state index < -0.39 is 28.2 Å². The minimum atomic E-state index is -1.09. The standard InChI is InChI=1S/C13H7BrF2N2O3/c14-9-3-1-2-8(12(9)16)13(19)17-7-4-5-11(18(20)21)10(15)6-7/h1-6H,(H,17,19). The van der Waals surface area contributed by atoms with Crippen molar-refractivity contribution in [2.45, 2.75) is 0 Å². The lowest BCUT2D eigenvalue weighted by Crippen LogP contribution is -2.14. The summed E-state index contributed by atoms with van der Waals surface area (Å²) in [6.45, 7) is 0. The Morgan fingerprint density at radius 3 is 2.57 bits per heavy atom. The van der Waals surface area contributed by atoms with Crippen LogP contribution in [0.3, 0.4) is 0 Å². The Bertz CT molecular complexity index is 737. The van der Waals surface area contributed by atoms with Gasteiger partial charge in [0.05, 0.1) is 15.0 Å². The largest absolute Gasteiger partial charge is 0.322 e. The quantitative estimate of drug-likeness (QED) is 0.669. The Morgan fingerprint density at radius 1 is 1.24 bits per heavy atom. The van der Waals surface area contributed by atoms with Crippen molar-refractivity contribution in [3.05, 3.63) is 68.2 Å². The SMILES string of the molecule is O=C(Nc1ccc([N+](=O)[O-])c(F)c1)c1cccc(Br)c1F. The first-order valence-electron chi connectivity index (χ1n) is 5.59. The lowest BCUT2D eigenvalue weighted by Gasteiger charge is -2.07. The molecule has 0 saturated carbocycles. The molecular weight excluding hydrogens is 350 g/mol. The first-order chi connectivity index (χ1) is 9.90. The Morgan fingerprint density at radius 2 is 1.95 bits per heavy atom. The average molecular weight is 357 g/mol. The van der Waals surface area contributed by atoms with Gasteiger partial charge in [0, 0.05) is 17.8 Å². The van der Waals surface area contributed by atoms with Crippen LogP contribution in [0.5, 0.6) is 0 Å². The second kappa shape index (κ2) is 5.96. The van der Waals surface area contributed by atoms with Gasteiger partial charge in [-0.05, 0) is 34.1 Å². The number of carbonyl (C=O) groups is 1. The molecule has 2 rings (SSSR count). The molecule has 0 bridgehead atoms. The van der Waals surface area contributed by atoms with Gasteiger partial charge in [-0.1, -0.05) is 6.07 Å². The maximum Gasteiger partial charge on any atom is 0.304 e. The Hall–Kier alpha value is -2.35. The lowest BCUT2D eigenvalue weighted by atomic mass is 10.2. The van der Waals surface area contributed by atoms with Crippen LogP contribution in [-0.4, -0.2) is 10.8 Å². The summed E-state index contributed by atoms with van der Waals surface area (Å²) in [4.78, 5) is 21.5. The Kier molecular flexibility index (Phi) is 4.27. The molecule has 0 unspecified atom stereocenters. The van der Waals surface area contributed by atoms with Gasteiger partial charge in [0.15, 0.2) is 0 Å². The van der Waals surface area contributed by atoms with Crippen LogP contribution in [0, 0.1) is 21.7 Å². The van der Waals surface area contributed by atoms with Crippen LogP contribution in [-0.2, 0) is 0 Å². The summed E-state index contributed by atoms with van der Waals surface area (Å²) >= 11 is 2.95. The van der Waals surface area contributed by atoms with E-state index in [0.717, 1.165) is 18.2 Å². The molecule has 0 heterocycles. The molecule has 0 saturated heterocycles. The van der Waals surface area contributed by atoms with E-state index in [9.17, 15) is 23.7 Å². The molecule has 0 aliphatic heterocycles. The van der Waals surface area contributed by atoms with Gasteiger partial charge in [-0.2, -0.15) is 4.39 Å². The molecule has 2 aromatic rings. The van der Waals surface area contributed by atoms with Gasteiger partial charge < -0.3 is 5.32 Å². The molecule has 1 N–H and O–H groups in total. The molecule has 0 aliphatic carbocycles. The number of amides is 1. The topological polar surface area (TPSA) is 72.2 Å². The Labute approximate surface area is 125 Å². The normalized spacial score (nSPS) is 10.2. The van der Waals surface area contributed by atoms with Crippen LogP contribution in [0.25, 0.3) is 0 Å². The zero-order valence-electron chi connectivity index (χ0n) is 10.3. The zero-order chi connectivity index (χ0) is 15.6. The molecule has 0 aliphatic rings. The maximum atomic E-state index is 13.7. The summed E-state index contributed by atoms with van der Waals surface area (Å²) in [7, 11) is 0. The van der Waals surface area contributed by atoms with Crippen molar-refractivity contribution in [1.82, 2.24) is 0 Å². The first-order valence-corrected chi connectivity index (χ1v) is 6.38. The van der Waals surface area contributed by atoms with E-state index in [1.165, 1.54) is 18.2 Å². The van der Waals surface area contributed by atoms with Gasteiger partial charge in [0.25, 0.3) is 5.91 Å². The number of rotatable bonds is 3. The van der Waals surface area contributed by atoms with Crippen LogP contribution in [0.1, 0.15) is 10.4 Å². The number of nitro benzene ring substituents is 1. The Balaban J connectivity index is 2.26. The molecule has 0 aromatic heterocycles. The molecule has 5 nitrogen and oxygen atoms in total. The highest BCUT2D eigenvalue weighted by molar-refractivity contribution is 9.10. The molecule has 8 heteroatoms. The number of carbonyl (C=O) groups excluding carboxylic acids is 1. The number of halogens is 3. The van der Waals surface area contributed by atoms with E-state index in [4.69, 9.17) is 0 Å². The van der Waals surface area contributed by atoms with Gasteiger partial charge in [0.1, 0.15) is 5.82 Å². The number of nitrogens with zero attached hydrogens (tertiary/aromatic N) is 1. The van der Waals surface area contributed by atoms with Crippen molar-refractivity contribution >= 4 is 33.2 Å². The van der Waals surface area contributed by atoms with E-state index in [-0.39, 0.29) is 15.7 Å². The summed E-state index contributed by atoms with van der Waals surface area (Å²) in [6.07, 6.45) is 0. The van der Waals surface area contributed by atoms with E-state index in [1.807, 2.05) is 0 Å². The fourth-order valence-electron chi connectivity index (χ4n) is 1.61. The zero-order valence-corrected chi connectivity index (χ0v) is 11.9. The minimum absolute atomic E-state index is 0.0116. The van der Waals surface area contributed by atoms with Crippen LogP contribution < -0.4 is 5.32 Å². The number of nitro groups is 1. The summed E-state index contributed by atoms with van der Waals surface area (Å²) in [5, 5.41) is 12.8. The fraction of sp³-hybridized carbons (Fsp3) is 0. The third kappa shape index (κ3) is 3.22. The fourth-order valence-corrected chi connectivity index (χ4v) is 1.98. The van der Waals surface area contributed by atoms with Crippen LogP contribution in [0.15, 0.2) is 40.9 Å². The molecular formula is C13H7BrF2N2O3. The third-order valence-corrected chi connectivity index (χ3v) is 3.21. The molecule has 1 amide bonds.